The van der Waals surface area contributed by atoms with E-state index < -0.39 is 12.0 Å². The number of benzene rings is 2. The van der Waals surface area contributed by atoms with Crippen LogP contribution in [0.2, 0.25) is 0 Å². The van der Waals surface area contributed by atoms with E-state index in [1.165, 1.54) is 6.20 Å². The number of rotatable bonds is 12. The minimum Gasteiger partial charge on any atom is -0.493 e. The molecule has 198 valence electrons. The van der Waals surface area contributed by atoms with Crippen LogP contribution in [0.4, 0.5) is 16.4 Å². The van der Waals surface area contributed by atoms with E-state index in [4.69, 9.17) is 5.11 Å². The summed E-state index contributed by atoms with van der Waals surface area (Å²) in [5.41, 5.74) is 2.47. The molecule has 0 unspecified atom stereocenters. The van der Waals surface area contributed by atoms with E-state index in [-0.39, 0.29) is 23.1 Å². The topological polar surface area (TPSA) is 145 Å². The normalized spacial score (nSPS) is 11.4. The smallest absolute Gasteiger partial charge is 0.366 e. The number of hydrogen-bond acceptors (Lipinski definition) is 6. The van der Waals surface area contributed by atoms with E-state index in [9.17, 15) is 14.7 Å². The van der Waals surface area contributed by atoms with Gasteiger partial charge in [0.05, 0.1) is 11.1 Å². The molecule has 0 radical (unpaired) electrons. The number of hydrogen-bond donors (Lipinski definition) is 4. The molecule has 11 heteroatoms. The van der Waals surface area contributed by atoms with Crippen LogP contribution in [0.25, 0.3) is 10.9 Å². The van der Waals surface area contributed by atoms with Crippen molar-refractivity contribution in [2.45, 2.75) is 50.5 Å². The van der Waals surface area contributed by atoms with Crippen LogP contribution in [0.5, 0.6) is 5.88 Å². The summed E-state index contributed by atoms with van der Waals surface area (Å²) in [5.74, 6) is 0.178. The Bertz CT molecular complexity index is 1410. The van der Waals surface area contributed by atoms with Gasteiger partial charge in [0.1, 0.15) is 0 Å². The molecular weight excluding hydrogens is 504 g/mol. The zero-order chi connectivity index (χ0) is 26.9. The Morgan fingerprint density at radius 1 is 1.13 bits per heavy atom. The van der Waals surface area contributed by atoms with Gasteiger partial charge in [0.15, 0.2) is 5.69 Å². The number of anilines is 1. The standard InChI is InChI=1S/C27H30N6O4S/c1-2-3-4-15-33-22-12-11-20(38-16-5-6-18-7-9-19(10-8-18)25(35)36)17-21(22)23(24(33)34)31-32-27(37)30-26-28-13-14-29-26/h7-14,17,34H,2-6,15-16H2,1H3,(H,35,36)(H2,28,29,30,37). The number of unbranched alkanes of at least 4 members (excludes halogenated alkanes) is 2. The van der Waals surface area contributed by atoms with Crippen LogP contribution in [0.3, 0.4) is 0 Å². The SMILES string of the molecule is CCCCCn1c(O)c(N=NC(=O)Nc2ncc[nH]2)c2cc(SCCCc3ccc(C(=O)O)cc3)ccc21. The Morgan fingerprint density at radius 2 is 1.95 bits per heavy atom. The molecular formula is C27H30N6O4S. The lowest BCUT2D eigenvalue weighted by atomic mass is 10.1. The van der Waals surface area contributed by atoms with E-state index in [1.54, 1.807) is 30.1 Å². The summed E-state index contributed by atoms with van der Waals surface area (Å²) in [6.45, 7) is 2.76. The average molecular weight is 535 g/mol. The van der Waals surface area contributed by atoms with Gasteiger partial charge in [-0.05, 0) is 60.9 Å². The number of urea groups is 1. The molecule has 10 nitrogen and oxygen atoms in total. The second-order valence-electron chi connectivity index (χ2n) is 8.73. The van der Waals surface area contributed by atoms with Gasteiger partial charge in [-0.2, -0.15) is 0 Å². The summed E-state index contributed by atoms with van der Waals surface area (Å²) < 4.78 is 1.82. The molecule has 0 saturated heterocycles. The van der Waals surface area contributed by atoms with Crippen LogP contribution >= 0.6 is 11.8 Å². The summed E-state index contributed by atoms with van der Waals surface area (Å²) in [4.78, 5) is 30.9. The number of thioether (sulfide) groups is 1. The fourth-order valence-electron chi connectivity index (χ4n) is 4.07. The van der Waals surface area contributed by atoms with Gasteiger partial charge in [-0.1, -0.05) is 37.0 Å². The van der Waals surface area contributed by atoms with Crippen LogP contribution in [-0.4, -0.2) is 42.5 Å². The highest BCUT2D eigenvalue weighted by Gasteiger charge is 2.18. The molecule has 2 aromatic carbocycles. The van der Waals surface area contributed by atoms with Crippen LogP contribution < -0.4 is 5.32 Å². The molecule has 0 spiro atoms. The quantitative estimate of drug-likeness (QED) is 0.0875. The number of amides is 2. The van der Waals surface area contributed by atoms with E-state index in [0.717, 1.165) is 59.2 Å². The number of fused-ring (bicyclic) bond motifs is 1. The molecule has 0 bridgehead atoms. The second-order valence-corrected chi connectivity index (χ2v) is 9.90. The number of carbonyl (C=O) groups is 2. The summed E-state index contributed by atoms with van der Waals surface area (Å²) in [5, 5.41) is 31.1. The van der Waals surface area contributed by atoms with Gasteiger partial charge >= 0.3 is 12.0 Å². The Balaban J connectivity index is 1.48. The van der Waals surface area contributed by atoms with Crippen molar-refractivity contribution in [3.8, 4) is 5.88 Å². The van der Waals surface area contributed by atoms with E-state index in [0.29, 0.717) is 6.54 Å². The van der Waals surface area contributed by atoms with Crippen LogP contribution in [0.15, 0.2) is 70.0 Å². The highest BCUT2D eigenvalue weighted by Crippen LogP contribution is 2.41. The minimum absolute atomic E-state index is 0.0161. The number of aromatic hydroxyl groups is 1. The van der Waals surface area contributed by atoms with Crippen molar-refractivity contribution < 1.29 is 19.8 Å². The first kappa shape index (κ1) is 26.9. The van der Waals surface area contributed by atoms with E-state index in [1.807, 2.05) is 34.9 Å². The molecule has 0 aliphatic rings. The number of nitrogens with zero attached hydrogens (tertiary/aromatic N) is 4. The Labute approximate surface area is 224 Å². The Kier molecular flexibility index (Phi) is 9.15. The molecule has 2 amide bonds. The molecule has 0 aliphatic heterocycles. The van der Waals surface area contributed by atoms with E-state index >= 15 is 0 Å². The number of aryl methyl sites for hydroxylation is 2. The van der Waals surface area contributed by atoms with Crippen LogP contribution in [-0.2, 0) is 13.0 Å². The molecule has 0 atom stereocenters. The lowest BCUT2D eigenvalue weighted by Gasteiger charge is -2.07. The summed E-state index contributed by atoms with van der Waals surface area (Å²) in [6, 6.07) is 12.2. The van der Waals surface area contributed by atoms with Gasteiger partial charge in [-0.15, -0.1) is 16.9 Å². The maximum absolute atomic E-state index is 12.2. The number of nitrogens with one attached hydrogen (secondary N) is 2. The third-order valence-corrected chi connectivity index (χ3v) is 7.09. The lowest BCUT2D eigenvalue weighted by molar-refractivity contribution is 0.0697. The number of H-pyrrole nitrogens is 1. The predicted molar refractivity (Wildman–Crippen MR) is 148 cm³/mol. The van der Waals surface area contributed by atoms with Crippen molar-refractivity contribution >= 4 is 46.3 Å². The Morgan fingerprint density at radius 3 is 2.66 bits per heavy atom. The number of carboxylic acid groups (broad SMARTS) is 1. The van der Waals surface area contributed by atoms with Crippen molar-refractivity contribution in [2.24, 2.45) is 10.2 Å². The largest absolute Gasteiger partial charge is 0.493 e. The molecule has 4 aromatic rings. The molecule has 2 heterocycles. The van der Waals surface area contributed by atoms with Gasteiger partial charge in [0.2, 0.25) is 11.8 Å². The zero-order valence-electron chi connectivity index (χ0n) is 21.1. The van der Waals surface area contributed by atoms with Crippen molar-refractivity contribution in [2.75, 3.05) is 11.1 Å². The molecule has 4 N–H and O–H groups in total. The third-order valence-electron chi connectivity index (χ3n) is 6.01. The maximum Gasteiger partial charge on any atom is 0.366 e. The summed E-state index contributed by atoms with van der Waals surface area (Å²) >= 11 is 1.69. The van der Waals surface area contributed by atoms with Crippen LogP contribution in [0.1, 0.15) is 48.5 Å². The maximum atomic E-state index is 12.2. The summed E-state index contributed by atoms with van der Waals surface area (Å²) in [6.07, 6.45) is 7.85. The monoisotopic (exact) mass is 534 g/mol. The highest BCUT2D eigenvalue weighted by molar-refractivity contribution is 7.99. The number of imidazole rings is 1. The first-order valence-corrected chi connectivity index (χ1v) is 13.5. The first-order valence-electron chi connectivity index (χ1n) is 12.5. The molecule has 38 heavy (non-hydrogen) atoms. The number of aromatic nitrogens is 3. The van der Waals surface area contributed by atoms with Crippen molar-refractivity contribution in [1.82, 2.24) is 14.5 Å². The van der Waals surface area contributed by atoms with Gasteiger partial charge in [-0.3, -0.25) is 5.32 Å². The number of aromatic carboxylic acids is 1. The third kappa shape index (κ3) is 6.80. The summed E-state index contributed by atoms with van der Waals surface area (Å²) in [7, 11) is 0. The van der Waals surface area contributed by atoms with Crippen molar-refractivity contribution in [3.05, 3.63) is 66.0 Å². The lowest BCUT2D eigenvalue weighted by Crippen LogP contribution is -2.06. The highest BCUT2D eigenvalue weighted by atomic mass is 32.2. The molecule has 2 aromatic heterocycles. The molecule has 0 saturated carbocycles. The fourth-order valence-corrected chi connectivity index (χ4v) is 4.96. The molecule has 4 rings (SSSR count). The molecule has 0 fully saturated rings. The number of azo groups is 1. The fraction of sp³-hybridized carbons (Fsp3) is 0.296. The predicted octanol–water partition coefficient (Wildman–Crippen LogP) is 7.00. The van der Waals surface area contributed by atoms with Crippen molar-refractivity contribution in [1.29, 1.82) is 0 Å². The second kappa shape index (κ2) is 12.9. The van der Waals surface area contributed by atoms with Gasteiger partial charge < -0.3 is 19.8 Å². The number of carbonyl (C=O) groups excluding carboxylic acids is 1. The zero-order valence-corrected chi connectivity index (χ0v) is 21.9. The van der Waals surface area contributed by atoms with Gasteiger partial charge in [0.25, 0.3) is 0 Å². The van der Waals surface area contributed by atoms with Crippen molar-refractivity contribution in [3.63, 3.8) is 0 Å². The molecule has 0 aliphatic carbocycles. The number of aromatic amines is 1. The number of carboxylic acids is 1. The van der Waals surface area contributed by atoms with Crippen LogP contribution in [0, 0.1) is 0 Å². The van der Waals surface area contributed by atoms with Gasteiger partial charge in [0, 0.05) is 29.2 Å². The van der Waals surface area contributed by atoms with Gasteiger partial charge in [-0.25, -0.2) is 14.6 Å². The average Bonchev–Trinajstić information content (AvgIpc) is 3.51. The first-order chi connectivity index (χ1) is 18.5. The van der Waals surface area contributed by atoms with E-state index in [2.05, 4.69) is 32.4 Å². The Hall–Kier alpha value is -4.12. The minimum atomic E-state index is -0.926.